The van der Waals surface area contributed by atoms with Gasteiger partial charge in [0.15, 0.2) is 0 Å². The summed E-state index contributed by atoms with van der Waals surface area (Å²) in [5, 5.41) is 16.9. The van der Waals surface area contributed by atoms with Gasteiger partial charge in [-0.05, 0) is 43.5 Å². The molecule has 1 aliphatic rings. The van der Waals surface area contributed by atoms with E-state index in [1.165, 1.54) is 12.1 Å². The summed E-state index contributed by atoms with van der Waals surface area (Å²) in [4.78, 5) is 39.2. The monoisotopic (exact) mass is 453 g/mol. The highest BCUT2D eigenvalue weighted by atomic mass is 16.6. The van der Waals surface area contributed by atoms with E-state index in [1.807, 2.05) is 36.9 Å². The van der Waals surface area contributed by atoms with E-state index in [0.29, 0.717) is 52.1 Å². The predicted octanol–water partition coefficient (Wildman–Crippen LogP) is 3.19. The number of nitro benzene ring substituents is 1. The number of carbonyl (C=O) groups is 2. The van der Waals surface area contributed by atoms with E-state index in [1.54, 1.807) is 12.1 Å². The minimum atomic E-state index is -0.431. The van der Waals surface area contributed by atoms with Crippen LogP contribution in [0.5, 0.6) is 0 Å². The fourth-order valence-electron chi connectivity index (χ4n) is 3.88. The lowest BCUT2D eigenvalue weighted by atomic mass is 10.1. The molecule has 0 atom stereocenters. The van der Waals surface area contributed by atoms with Crippen molar-refractivity contribution in [2.24, 2.45) is 0 Å². The van der Waals surface area contributed by atoms with Crippen LogP contribution in [0.4, 0.5) is 17.1 Å². The molecule has 0 unspecified atom stereocenters. The van der Waals surface area contributed by atoms with Crippen LogP contribution in [0.1, 0.15) is 24.0 Å². The number of nitro groups is 1. The molecule has 1 fully saturated rings. The van der Waals surface area contributed by atoms with Gasteiger partial charge in [-0.15, -0.1) is 0 Å². The molecule has 0 aliphatic carbocycles. The molecule has 0 saturated carbocycles. The number of amides is 2. The molecule has 0 aromatic heterocycles. The summed E-state index contributed by atoms with van der Waals surface area (Å²) >= 11 is 0. The Labute approximate surface area is 193 Å². The van der Waals surface area contributed by atoms with Gasteiger partial charge >= 0.3 is 0 Å². The van der Waals surface area contributed by atoms with Crippen molar-refractivity contribution in [3.05, 3.63) is 63.7 Å². The molecular formula is C24H31N5O4. The van der Waals surface area contributed by atoms with Gasteiger partial charge in [0.05, 0.1) is 11.5 Å². The first-order valence-corrected chi connectivity index (χ1v) is 11.2. The summed E-state index contributed by atoms with van der Waals surface area (Å²) in [6, 6.07) is 12.2. The molecule has 1 saturated heterocycles. The second-order valence-corrected chi connectivity index (χ2v) is 8.31. The van der Waals surface area contributed by atoms with Crippen molar-refractivity contribution >= 4 is 28.9 Å². The van der Waals surface area contributed by atoms with E-state index in [4.69, 9.17) is 0 Å². The van der Waals surface area contributed by atoms with Crippen LogP contribution in [0.25, 0.3) is 0 Å². The fraction of sp³-hybridized carbons (Fsp3) is 0.417. The van der Waals surface area contributed by atoms with Crippen LogP contribution in [0.3, 0.4) is 0 Å². The van der Waals surface area contributed by atoms with Crippen molar-refractivity contribution < 1.29 is 14.5 Å². The zero-order chi connectivity index (χ0) is 23.8. The number of hydrogen-bond donors (Lipinski definition) is 2. The van der Waals surface area contributed by atoms with Crippen LogP contribution in [0.15, 0.2) is 42.5 Å². The molecule has 33 heavy (non-hydrogen) atoms. The Kier molecular flexibility index (Phi) is 8.37. The topological polar surface area (TPSA) is 108 Å². The zero-order valence-electron chi connectivity index (χ0n) is 19.2. The van der Waals surface area contributed by atoms with Crippen molar-refractivity contribution in [3.63, 3.8) is 0 Å². The highest BCUT2D eigenvalue weighted by Gasteiger charge is 2.22. The summed E-state index contributed by atoms with van der Waals surface area (Å²) in [7, 11) is 0. The van der Waals surface area contributed by atoms with E-state index in [-0.39, 0.29) is 17.5 Å². The molecule has 1 aliphatic heterocycles. The van der Waals surface area contributed by atoms with E-state index in [2.05, 4.69) is 15.5 Å². The van der Waals surface area contributed by atoms with Crippen molar-refractivity contribution in [3.8, 4) is 0 Å². The van der Waals surface area contributed by atoms with Gasteiger partial charge in [0.2, 0.25) is 11.8 Å². The van der Waals surface area contributed by atoms with Gasteiger partial charge in [-0.2, -0.15) is 0 Å². The van der Waals surface area contributed by atoms with Crippen LogP contribution in [-0.2, 0) is 9.59 Å². The third-order valence-electron chi connectivity index (χ3n) is 5.81. The number of benzene rings is 2. The van der Waals surface area contributed by atoms with Crippen LogP contribution >= 0.6 is 0 Å². The standard InChI is InChI=1S/C24H31N5O4/c1-18-5-3-6-19(2)24(18)26-22(30)17-27-13-15-28(16-14-27)23(31)7-4-12-25-20-8-10-21(11-9-20)29(32)33/h3,5-6,8-11,25H,4,7,12-17H2,1-2H3,(H,26,30). The van der Waals surface area contributed by atoms with Crippen LogP contribution in [0.2, 0.25) is 0 Å². The third-order valence-corrected chi connectivity index (χ3v) is 5.81. The first-order valence-electron chi connectivity index (χ1n) is 11.2. The van der Waals surface area contributed by atoms with Gasteiger partial charge in [0.1, 0.15) is 0 Å². The molecule has 0 spiro atoms. The summed E-state index contributed by atoms with van der Waals surface area (Å²) in [6.07, 6.45) is 1.11. The number of nitrogens with one attached hydrogen (secondary N) is 2. The summed E-state index contributed by atoms with van der Waals surface area (Å²) in [6.45, 7) is 7.47. The average Bonchev–Trinajstić information content (AvgIpc) is 2.80. The molecule has 2 N–H and O–H groups in total. The van der Waals surface area contributed by atoms with Gasteiger partial charge in [0.25, 0.3) is 5.69 Å². The lowest BCUT2D eigenvalue weighted by Crippen LogP contribution is -2.50. The second kappa shape index (κ2) is 11.4. The van der Waals surface area contributed by atoms with Crippen LogP contribution in [0, 0.1) is 24.0 Å². The summed E-state index contributed by atoms with van der Waals surface area (Å²) < 4.78 is 0. The Balaban J connectivity index is 1.34. The normalized spacial score (nSPS) is 14.1. The summed E-state index contributed by atoms with van der Waals surface area (Å²) in [5.41, 5.74) is 3.81. The Bertz CT molecular complexity index is 965. The number of para-hydroxylation sites is 1. The van der Waals surface area contributed by atoms with Crippen molar-refractivity contribution in [2.75, 3.05) is 49.9 Å². The average molecular weight is 454 g/mol. The fourth-order valence-corrected chi connectivity index (χ4v) is 3.88. The minimum Gasteiger partial charge on any atom is -0.385 e. The lowest BCUT2D eigenvalue weighted by Gasteiger charge is -2.34. The number of piperazine rings is 1. The largest absolute Gasteiger partial charge is 0.385 e. The maximum atomic E-state index is 12.5. The van der Waals surface area contributed by atoms with Crippen molar-refractivity contribution in [1.29, 1.82) is 0 Å². The number of aryl methyl sites for hydroxylation is 2. The Morgan fingerprint density at radius 1 is 1.00 bits per heavy atom. The Morgan fingerprint density at radius 3 is 2.24 bits per heavy atom. The molecule has 3 rings (SSSR count). The molecule has 0 radical (unpaired) electrons. The first kappa shape index (κ1) is 24.2. The van der Waals surface area contributed by atoms with Crippen molar-refractivity contribution in [1.82, 2.24) is 9.80 Å². The molecular weight excluding hydrogens is 422 g/mol. The van der Waals surface area contributed by atoms with Gasteiger partial charge in [-0.1, -0.05) is 18.2 Å². The van der Waals surface area contributed by atoms with E-state index >= 15 is 0 Å². The Morgan fingerprint density at radius 2 is 1.64 bits per heavy atom. The highest BCUT2D eigenvalue weighted by molar-refractivity contribution is 5.93. The maximum absolute atomic E-state index is 12.5. The summed E-state index contributed by atoms with van der Waals surface area (Å²) in [5.74, 6) is 0.0737. The number of anilines is 2. The smallest absolute Gasteiger partial charge is 0.269 e. The molecule has 0 bridgehead atoms. The number of rotatable bonds is 9. The number of nitrogens with zero attached hydrogens (tertiary/aromatic N) is 3. The number of hydrogen-bond acceptors (Lipinski definition) is 6. The van der Waals surface area contributed by atoms with E-state index in [0.717, 1.165) is 22.5 Å². The maximum Gasteiger partial charge on any atom is 0.269 e. The van der Waals surface area contributed by atoms with Gasteiger partial charge < -0.3 is 15.5 Å². The Hall–Kier alpha value is -3.46. The van der Waals surface area contributed by atoms with Crippen LogP contribution < -0.4 is 10.6 Å². The molecule has 2 aromatic carbocycles. The van der Waals surface area contributed by atoms with Gasteiger partial charge in [-0.25, -0.2) is 0 Å². The van der Waals surface area contributed by atoms with Gasteiger partial charge in [0, 0.05) is 62.7 Å². The van der Waals surface area contributed by atoms with Crippen molar-refractivity contribution in [2.45, 2.75) is 26.7 Å². The van der Waals surface area contributed by atoms with Gasteiger partial charge in [-0.3, -0.25) is 24.6 Å². The zero-order valence-corrected chi connectivity index (χ0v) is 19.2. The predicted molar refractivity (Wildman–Crippen MR) is 128 cm³/mol. The SMILES string of the molecule is Cc1cccc(C)c1NC(=O)CN1CCN(C(=O)CCCNc2ccc([N+](=O)[O-])cc2)CC1. The molecule has 2 amide bonds. The first-order chi connectivity index (χ1) is 15.8. The van der Waals surface area contributed by atoms with Crippen LogP contribution in [-0.4, -0.2) is 65.8 Å². The molecule has 2 aromatic rings. The quantitative estimate of drug-likeness (QED) is 0.343. The molecule has 9 nitrogen and oxygen atoms in total. The highest BCUT2D eigenvalue weighted by Crippen LogP contribution is 2.19. The second-order valence-electron chi connectivity index (χ2n) is 8.31. The molecule has 1 heterocycles. The number of carbonyl (C=O) groups excluding carboxylic acids is 2. The van der Waals surface area contributed by atoms with E-state index < -0.39 is 4.92 Å². The molecule has 176 valence electrons. The third kappa shape index (κ3) is 7.01. The minimum absolute atomic E-state index is 0.0375. The lowest BCUT2D eigenvalue weighted by molar-refractivity contribution is -0.384. The number of non-ortho nitro benzene ring substituents is 1. The molecule has 9 heteroatoms. The van der Waals surface area contributed by atoms with E-state index in [9.17, 15) is 19.7 Å².